The number of hydrogen-bond acceptors (Lipinski definition) is 3. The van der Waals surface area contributed by atoms with Crippen molar-refractivity contribution in [3.05, 3.63) is 70.8 Å². The van der Waals surface area contributed by atoms with Crippen molar-refractivity contribution in [3.63, 3.8) is 0 Å². The van der Waals surface area contributed by atoms with Gasteiger partial charge >= 0.3 is 12.4 Å². The van der Waals surface area contributed by atoms with E-state index in [0.717, 1.165) is 5.56 Å². The largest absolute Gasteiger partial charge is 0.416 e. The monoisotopic (exact) mass is 447 g/mol. The van der Waals surface area contributed by atoms with E-state index in [1.165, 1.54) is 4.90 Å². The quantitative estimate of drug-likeness (QED) is 0.605. The SMILES string of the molecule is O=C1[C@H](OCCc2cc(C(F)(F)F)cc(C(F)(F)F)c2)OCCN1Cc1ccccc1. The summed E-state index contributed by atoms with van der Waals surface area (Å²) in [4.78, 5) is 14.0. The van der Waals surface area contributed by atoms with E-state index in [1.54, 1.807) is 0 Å². The zero-order chi connectivity index (χ0) is 22.6. The van der Waals surface area contributed by atoms with Crippen molar-refractivity contribution in [1.82, 2.24) is 4.90 Å². The molecule has 10 heteroatoms. The molecule has 31 heavy (non-hydrogen) atoms. The van der Waals surface area contributed by atoms with Gasteiger partial charge in [0.2, 0.25) is 6.29 Å². The Morgan fingerprint density at radius 1 is 0.935 bits per heavy atom. The first-order chi connectivity index (χ1) is 14.5. The lowest BCUT2D eigenvalue weighted by atomic mass is 10.0. The van der Waals surface area contributed by atoms with Gasteiger partial charge in [0.25, 0.3) is 5.91 Å². The van der Waals surface area contributed by atoms with Gasteiger partial charge in [0.1, 0.15) is 0 Å². The molecule has 0 N–H and O–H groups in total. The minimum Gasteiger partial charge on any atom is -0.344 e. The van der Waals surface area contributed by atoms with Gasteiger partial charge in [-0.25, -0.2) is 0 Å². The van der Waals surface area contributed by atoms with E-state index in [1.807, 2.05) is 30.3 Å². The lowest BCUT2D eigenvalue weighted by molar-refractivity contribution is -0.197. The van der Waals surface area contributed by atoms with Crippen LogP contribution in [0.25, 0.3) is 0 Å². The average Bonchev–Trinajstić information content (AvgIpc) is 2.70. The number of carbonyl (C=O) groups is 1. The molecule has 2 aromatic rings. The van der Waals surface area contributed by atoms with Crippen LogP contribution in [0, 0.1) is 0 Å². The van der Waals surface area contributed by atoms with E-state index >= 15 is 0 Å². The molecule has 2 aromatic carbocycles. The van der Waals surface area contributed by atoms with Crippen LogP contribution in [-0.4, -0.2) is 36.9 Å². The molecule has 1 saturated heterocycles. The molecular formula is C21H19F6NO3. The number of hydrogen-bond donors (Lipinski definition) is 0. The van der Waals surface area contributed by atoms with E-state index in [4.69, 9.17) is 9.47 Å². The van der Waals surface area contributed by atoms with E-state index in [2.05, 4.69) is 0 Å². The molecule has 0 unspecified atom stereocenters. The third-order valence-corrected chi connectivity index (χ3v) is 4.67. The molecular weight excluding hydrogens is 428 g/mol. The van der Waals surface area contributed by atoms with Crippen molar-refractivity contribution in [2.24, 2.45) is 0 Å². The highest BCUT2D eigenvalue weighted by molar-refractivity contribution is 5.80. The van der Waals surface area contributed by atoms with Crippen LogP contribution in [0.4, 0.5) is 26.3 Å². The normalized spacial score (nSPS) is 17.8. The lowest BCUT2D eigenvalue weighted by Crippen LogP contribution is -2.48. The average molecular weight is 447 g/mol. The van der Waals surface area contributed by atoms with Crippen molar-refractivity contribution in [2.75, 3.05) is 19.8 Å². The summed E-state index contributed by atoms with van der Waals surface area (Å²) in [6, 6.07) is 10.6. The Morgan fingerprint density at radius 2 is 1.55 bits per heavy atom. The Morgan fingerprint density at radius 3 is 2.13 bits per heavy atom. The van der Waals surface area contributed by atoms with Gasteiger partial charge in [-0.05, 0) is 35.7 Å². The van der Waals surface area contributed by atoms with Crippen LogP contribution in [0.1, 0.15) is 22.3 Å². The summed E-state index contributed by atoms with van der Waals surface area (Å²) < 4.78 is 88.3. The van der Waals surface area contributed by atoms with Crippen LogP contribution >= 0.6 is 0 Å². The number of rotatable bonds is 6. The zero-order valence-electron chi connectivity index (χ0n) is 16.2. The highest BCUT2D eigenvalue weighted by Crippen LogP contribution is 2.36. The molecule has 0 spiro atoms. The molecule has 1 aliphatic rings. The highest BCUT2D eigenvalue weighted by Gasteiger charge is 2.37. The smallest absolute Gasteiger partial charge is 0.344 e. The topological polar surface area (TPSA) is 38.8 Å². The molecule has 3 rings (SSSR count). The molecule has 0 aromatic heterocycles. The van der Waals surface area contributed by atoms with Crippen LogP contribution in [0.2, 0.25) is 0 Å². The summed E-state index contributed by atoms with van der Waals surface area (Å²) in [5, 5.41) is 0. The fourth-order valence-electron chi connectivity index (χ4n) is 3.13. The van der Waals surface area contributed by atoms with E-state index in [0.29, 0.717) is 25.2 Å². The number of carbonyl (C=O) groups excluding carboxylic acids is 1. The maximum absolute atomic E-state index is 13.0. The minimum absolute atomic E-state index is 0.0690. The Bertz CT molecular complexity index is 866. The third-order valence-electron chi connectivity index (χ3n) is 4.67. The molecule has 0 aliphatic carbocycles. The van der Waals surface area contributed by atoms with Crippen molar-refractivity contribution in [3.8, 4) is 0 Å². The molecule has 168 valence electrons. The Kier molecular flexibility index (Phi) is 6.90. The second kappa shape index (κ2) is 9.27. The molecule has 0 saturated carbocycles. The summed E-state index contributed by atoms with van der Waals surface area (Å²) >= 11 is 0. The van der Waals surface area contributed by atoms with Crippen LogP contribution in [-0.2, 0) is 39.6 Å². The standard InChI is InChI=1S/C21H19F6NO3/c22-20(23,24)16-10-15(11-17(12-16)21(25,26)27)6-8-30-19-18(29)28(7-9-31-19)13-14-4-2-1-3-5-14/h1-5,10-12,19H,6-9,13H2/t19-/m1/s1. The van der Waals surface area contributed by atoms with Crippen molar-refractivity contribution in [1.29, 1.82) is 0 Å². The van der Waals surface area contributed by atoms with Gasteiger partial charge in [0.05, 0.1) is 24.3 Å². The predicted octanol–water partition coefficient (Wildman–Crippen LogP) is 4.67. The van der Waals surface area contributed by atoms with Crippen molar-refractivity contribution in [2.45, 2.75) is 31.6 Å². The number of nitrogens with zero attached hydrogens (tertiary/aromatic N) is 1. The summed E-state index contributed by atoms with van der Waals surface area (Å²) in [7, 11) is 0. The summed E-state index contributed by atoms with van der Waals surface area (Å²) in [6.45, 7) is 0.598. The number of amides is 1. The summed E-state index contributed by atoms with van der Waals surface area (Å²) in [6.07, 6.45) is -11.3. The first-order valence-corrected chi connectivity index (χ1v) is 9.38. The number of ether oxygens (including phenoxy) is 2. The fourth-order valence-corrected chi connectivity index (χ4v) is 3.13. The Labute approximate surface area is 174 Å². The molecule has 1 aliphatic heterocycles. The molecule has 1 heterocycles. The lowest BCUT2D eigenvalue weighted by Gasteiger charge is -2.32. The minimum atomic E-state index is -4.92. The van der Waals surface area contributed by atoms with Crippen LogP contribution in [0.3, 0.4) is 0 Å². The predicted molar refractivity (Wildman–Crippen MR) is 97.7 cm³/mol. The van der Waals surface area contributed by atoms with Crippen molar-refractivity contribution < 1.29 is 40.6 Å². The van der Waals surface area contributed by atoms with Crippen molar-refractivity contribution >= 4 is 5.91 Å². The number of alkyl halides is 6. The summed E-state index contributed by atoms with van der Waals surface area (Å²) in [5.41, 5.74) is -2.08. The van der Waals surface area contributed by atoms with Gasteiger partial charge in [0.15, 0.2) is 0 Å². The molecule has 1 fully saturated rings. The van der Waals surface area contributed by atoms with Gasteiger partial charge in [0, 0.05) is 13.1 Å². The second-order valence-corrected chi connectivity index (χ2v) is 6.98. The van der Waals surface area contributed by atoms with Gasteiger partial charge in [-0.15, -0.1) is 0 Å². The Hall–Kier alpha value is -2.59. The fraction of sp³-hybridized carbons (Fsp3) is 0.381. The number of benzene rings is 2. The van der Waals surface area contributed by atoms with Gasteiger partial charge < -0.3 is 14.4 Å². The van der Waals surface area contributed by atoms with Crippen LogP contribution < -0.4 is 0 Å². The van der Waals surface area contributed by atoms with Gasteiger partial charge in [-0.2, -0.15) is 26.3 Å². The molecule has 0 radical (unpaired) electrons. The first-order valence-electron chi connectivity index (χ1n) is 9.38. The van der Waals surface area contributed by atoms with Crippen LogP contribution in [0.5, 0.6) is 0 Å². The second-order valence-electron chi connectivity index (χ2n) is 6.98. The first kappa shape index (κ1) is 23.1. The maximum Gasteiger partial charge on any atom is 0.416 e. The third kappa shape index (κ3) is 6.20. The molecule has 1 amide bonds. The zero-order valence-corrected chi connectivity index (χ0v) is 16.2. The van der Waals surface area contributed by atoms with E-state index < -0.39 is 35.7 Å². The highest BCUT2D eigenvalue weighted by atomic mass is 19.4. The van der Waals surface area contributed by atoms with Crippen LogP contribution in [0.15, 0.2) is 48.5 Å². The Balaban J connectivity index is 1.63. The van der Waals surface area contributed by atoms with E-state index in [-0.39, 0.29) is 31.3 Å². The van der Waals surface area contributed by atoms with Gasteiger partial charge in [-0.3, -0.25) is 4.79 Å². The maximum atomic E-state index is 13.0. The summed E-state index contributed by atoms with van der Waals surface area (Å²) in [5.74, 6) is -0.449. The van der Waals surface area contributed by atoms with E-state index in [9.17, 15) is 31.1 Å². The molecule has 4 nitrogen and oxygen atoms in total. The molecule has 0 bridgehead atoms. The number of halogens is 6. The number of morpholine rings is 1. The van der Waals surface area contributed by atoms with Gasteiger partial charge in [-0.1, -0.05) is 30.3 Å². The molecule has 1 atom stereocenters.